The molecule has 4 nitrogen and oxygen atoms in total. The molecule has 0 aliphatic carbocycles. The Morgan fingerprint density at radius 3 is 2.62 bits per heavy atom. The average Bonchev–Trinajstić information content (AvgIpc) is 3.02. The number of likely N-dealkylation sites (N-methyl/N-ethyl adjacent to an activating group) is 1. The lowest BCUT2D eigenvalue weighted by atomic mass is 10.1. The number of carbonyl (C=O) groups excluding carboxylic acids is 1. The van der Waals surface area contributed by atoms with Crippen molar-refractivity contribution in [3.05, 3.63) is 53.8 Å². The van der Waals surface area contributed by atoms with Crippen molar-refractivity contribution in [2.75, 3.05) is 6.54 Å². The Kier molecular flexibility index (Phi) is 3.39. The first kappa shape index (κ1) is 14.9. The van der Waals surface area contributed by atoms with Crippen LogP contribution in [0, 0.1) is 0 Å². The number of aryl methyl sites for hydroxylation is 1. The Labute approximate surface area is 144 Å². The molecule has 0 bridgehead atoms. The van der Waals surface area contributed by atoms with Crippen molar-refractivity contribution in [2.45, 2.75) is 6.92 Å². The van der Waals surface area contributed by atoms with Gasteiger partial charge < -0.3 is 9.30 Å². The van der Waals surface area contributed by atoms with Crippen molar-refractivity contribution < 1.29 is 9.53 Å². The molecule has 1 fully saturated rings. The van der Waals surface area contributed by atoms with E-state index in [1.54, 1.807) is 6.08 Å². The van der Waals surface area contributed by atoms with E-state index in [0.717, 1.165) is 11.1 Å². The zero-order valence-electron chi connectivity index (χ0n) is 13.4. The molecule has 5 heteroatoms. The minimum absolute atomic E-state index is 0.181. The highest BCUT2D eigenvalue weighted by atomic mass is 32.1. The number of nitrogens with zero attached hydrogens (tertiary/aromatic N) is 2. The largest absolute Gasteiger partial charge is 0.426 e. The predicted molar refractivity (Wildman–Crippen MR) is 99.5 cm³/mol. The van der Waals surface area contributed by atoms with Crippen LogP contribution in [0.4, 0.5) is 0 Å². The number of para-hydroxylation sites is 1. The van der Waals surface area contributed by atoms with Gasteiger partial charge in [0, 0.05) is 35.4 Å². The normalized spacial score (nSPS) is 16.6. The molecule has 0 spiro atoms. The van der Waals surface area contributed by atoms with E-state index in [9.17, 15) is 4.79 Å². The summed E-state index contributed by atoms with van der Waals surface area (Å²) in [6, 6.07) is 14.5. The van der Waals surface area contributed by atoms with Gasteiger partial charge >= 0.3 is 0 Å². The first-order chi connectivity index (χ1) is 11.6. The van der Waals surface area contributed by atoms with E-state index in [1.165, 1.54) is 21.2 Å². The van der Waals surface area contributed by atoms with Crippen LogP contribution < -0.4 is 0 Å². The second-order valence-electron chi connectivity index (χ2n) is 5.78. The Morgan fingerprint density at radius 2 is 1.88 bits per heavy atom. The summed E-state index contributed by atoms with van der Waals surface area (Å²) in [6.07, 6.45) is 1.75. The summed E-state index contributed by atoms with van der Waals surface area (Å²) in [5.41, 5.74) is 3.22. The molecule has 1 saturated heterocycles. The number of rotatable bonds is 2. The van der Waals surface area contributed by atoms with Crippen LogP contribution in [-0.2, 0) is 16.6 Å². The van der Waals surface area contributed by atoms with Crippen LogP contribution in [0.5, 0.6) is 0 Å². The third-order valence-corrected chi connectivity index (χ3v) is 4.73. The molecular weight excluding hydrogens is 320 g/mol. The zero-order valence-corrected chi connectivity index (χ0v) is 14.3. The Hall–Kier alpha value is -2.66. The summed E-state index contributed by atoms with van der Waals surface area (Å²) in [5, 5.41) is 2.64. The number of hydrogen-bond donors (Lipinski definition) is 0. The first-order valence-electron chi connectivity index (χ1n) is 7.82. The minimum atomic E-state index is -0.181. The van der Waals surface area contributed by atoms with E-state index in [2.05, 4.69) is 28.8 Å². The van der Waals surface area contributed by atoms with Crippen LogP contribution in [-0.4, -0.2) is 27.1 Å². The molecule has 1 aromatic heterocycles. The maximum atomic E-state index is 12.3. The highest BCUT2D eigenvalue weighted by molar-refractivity contribution is 7.80. The molecular formula is C19H16N2O2S. The molecule has 0 N–H and O–H groups in total. The molecule has 0 radical (unpaired) electrons. The number of fused-ring (bicyclic) bond motifs is 3. The first-order valence-corrected chi connectivity index (χ1v) is 8.23. The van der Waals surface area contributed by atoms with Gasteiger partial charge in [-0.2, -0.15) is 0 Å². The molecule has 2 aromatic carbocycles. The van der Waals surface area contributed by atoms with Crippen molar-refractivity contribution in [1.29, 1.82) is 0 Å². The summed E-state index contributed by atoms with van der Waals surface area (Å²) >= 11 is 5.09. The van der Waals surface area contributed by atoms with E-state index in [1.807, 2.05) is 32.2 Å². The molecule has 3 aromatic rings. The number of thiocarbonyl (C=S) groups is 1. The Morgan fingerprint density at radius 1 is 1.12 bits per heavy atom. The van der Waals surface area contributed by atoms with Gasteiger partial charge in [-0.3, -0.25) is 9.69 Å². The molecule has 2 heterocycles. The summed E-state index contributed by atoms with van der Waals surface area (Å²) in [4.78, 5) is 13.7. The monoisotopic (exact) mass is 336 g/mol. The zero-order chi connectivity index (χ0) is 16.8. The van der Waals surface area contributed by atoms with E-state index >= 15 is 0 Å². The maximum Gasteiger partial charge on any atom is 0.297 e. The summed E-state index contributed by atoms with van der Waals surface area (Å²) in [5.74, 6) is 0.0969. The molecule has 120 valence electrons. The van der Waals surface area contributed by atoms with Crippen LogP contribution in [0.1, 0.15) is 12.5 Å². The smallest absolute Gasteiger partial charge is 0.297 e. The summed E-state index contributed by atoms with van der Waals surface area (Å²) in [7, 11) is 2.05. The maximum absolute atomic E-state index is 12.3. The van der Waals surface area contributed by atoms with Crippen LogP contribution in [0.3, 0.4) is 0 Å². The quantitative estimate of drug-likeness (QED) is 0.527. The number of hydrogen-bond acceptors (Lipinski definition) is 3. The Bertz CT molecular complexity index is 1030. The van der Waals surface area contributed by atoms with Crippen molar-refractivity contribution in [3.8, 4) is 0 Å². The number of ether oxygens (including phenoxy) is 1. The third kappa shape index (κ3) is 2.12. The van der Waals surface area contributed by atoms with Crippen molar-refractivity contribution in [1.82, 2.24) is 9.47 Å². The van der Waals surface area contributed by atoms with Gasteiger partial charge in [0.25, 0.3) is 11.1 Å². The van der Waals surface area contributed by atoms with Crippen LogP contribution in [0.25, 0.3) is 27.9 Å². The molecule has 0 atom stereocenters. The van der Waals surface area contributed by atoms with Gasteiger partial charge in [0.05, 0.1) is 0 Å². The number of aromatic nitrogens is 1. The lowest BCUT2D eigenvalue weighted by molar-refractivity contribution is -0.122. The van der Waals surface area contributed by atoms with Gasteiger partial charge in [-0.25, -0.2) is 0 Å². The standard InChI is InChI=1S/C19H16N2O2S/c1-3-21-18(22)17(23-19(21)24)11-12-8-9-14-13-6-4-5-7-15(13)20(2)16(14)10-12/h4-11H,3H2,1-2H3/b17-11+. The fourth-order valence-electron chi connectivity index (χ4n) is 3.19. The molecule has 24 heavy (non-hydrogen) atoms. The molecule has 1 aliphatic rings. The van der Waals surface area contributed by atoms with E-state index in [0.29, 0.717) is 6.54 Å². The van der Waals surface area contributed by atoms with Gasteiger partial charge in [-0.1, -0.05) is 30.3 Å². The number of benzene rings is 2. The summed E-state index contributed by atoms with van der Waals surface area (Å²) < 4.78 is 7.60. The van der Waals surface area contributed by atoms with Crippen LogP contribution in [0.2, 0.25) is 0 Å². The Balaban J connectivity index is 1.83. The minimum Gasteiger partial charge on any atom is -0.426 e. The third-order valence-electron chi connectivity index (χ3n) is 4.43. The average molecular weight is 336 g/mol. The predicted octanol–water partition coefficient (Wildman–Crippen LogP) is 3.84. The van der Waals surface area contributed by atoms with Crippen LogP contribution >= 0.6 is 12.2 Å². The fraction of sp³-hybridized carbons (Fsp3) is 0.158. The van der Waals surface area contributed by atoms with E-state index < -0.39 is 0 Å². The number of carbonyl (C=O) groups is 1. The van der Waals surface area contributed by atoms with E-state index in [-0.39, 0.29) is 16.8 Å². The van der Waals surface area contributed by atoms with Crippen molar-refractivity contribution in [3.63, 3.8) is 0 Å². The second-order valence-corrected chi connectivity index (χ2v) is 6.13. The summed E-state index contributed by atoms with van der Waals surface area (Å²) in [6.45, 7) is 2.38. The van der Waals surface area contributed by atoms with Gasteiger partial charge in [0.15, 0.2) is 5.76 Å². The SMILES string of the molecule is CCN1C(=O)/C(=C\c2ccc3c4ccccc4n(C)c3c2)OC1=S. The van der Waals surface area contributed by atoms with Gasteiger partial charge in [0.1, 0.15) is 0 Å². The molecule has 1 aliphatic heterocycles. The lowest BCUT2D eigenvalue weighted by Crippen LogP contribution is -2.27. The van der Waals surface area contributed by atoms with Gasteiger partial charge in [0.2, 0.25) is 0 Å². The second kappa shape index (κ2) is 5.46. The molecule has 0 saturated carbocycles. The van der Waals surface area contributed by atoms with Crippen LogP contribution in [0.15, 0.2) is 48.2 Å². The molecule has 4 rings (SSSR count). The fourth-order valence-corrected chi connectivity index (χ4v) is 3.49. The van der Waals surface area contributed by atoms with Crippen molar-refractivity contribution in [2.24, 2.45) is 7.05 Å². The van der Waals surface area contributed by atoms with Gasteiger partial charge in [-0.15, -0.1) is 0 Å². The number of amides is 1. The van der Waals surface area contributed by atoms with Gasteiger partial charge in [-0.05, 0) is 42.9 Å². The van der Waals surface area contributed by atoms with Crippen molar-refractivity contribution >= 4 is 51.2 Å². The molecule has 0 unspecified atom stereocenters. The highest BCUT2D eigenvalue weighted by Gasteiger charge is 2.31. The van der Waals surface area contributed by atoms with E-state index in [4.69, 9.17) is 17.0 Å². The highest BCUT2D eigenvalue weighted by Crippen LogP contribution is 2.29. The topological polar surface area (TPSA) is 34.5 Å². The lowest BCUT2D eigenvalue weighted by Gasteiger charge is -2.06. The molecule has 1 amide bonds.